The van der Waals surface area contributed by atoms with Crippen LogP contribution in [-0.4, -0.2) is 16.8 Å². The molecule has 0 aliphatic carbocycles. The maximum atomic E-state index is 12.5. The van der Waals surface area contributed by atoms with E-state index in [9.17, 15) is 9.59 Å². The summed E-state index contributed by atoms with van der Waals surface area (Å²) in [6, 6.07) is 13.5. The smallest absolute Gasteiger partial charge is 0.255 e. The molecule has 0 saturated carbocycles. The molecule has 0 aliphatic rings. The van der Waals surface area contributed by atoms with Gasteiger partial charge >= 0.3 is 0 Å². The summed E-state index contributed by atoms with van der Waals surface area (Å²) in [4.78, 5) is 28.8. The molecule has 0 fully saturated rings. The molecule has 3 aromatic rings. The van der Waals surface area contributed by atoms with Crippen LogP contribution in [0, 0.1) is 6.92 Å². The normalized spacial score (nSPS) is 10.7. The molecule has 5 nitrogen and oxygen atoms in total. The Morgan fingerprint density at radius 2 is 1.83 bits per heavy atom. The number of anilines is 2. The lowest BCUT2D eigenvalue weighted by Crippen LogP contribution is -2.14. The summed E-state index contributed by atoms with van der Waals surface area (Å²) >= 11 is 11.9. The number of rotatable bonds is 5. The van der Waals surface area contributed by atoms with Gasteiger partial charge in [-0.1, -0.05) is 35.3 Å². The van der Waals surface area contributed by atoms with Crippen molar-refractivity contribution in [3.63, 3.8) is 0 Å². The molecule has 0 bridgehead atoms. The minimum Gasteiger partial charge on any atom is -0.322 e. The number of pyridine rings is 1. The van der Waals surface area contributed by atoms with Crippen LogP contribution < -0.4 is 10.6 Å². The number of benzene rings is 2. The van der Waals surface area contributed by atoms with E-state index < -0.39 is 0 Å². The Morgan fingerprint density at radius 1 is 1.00 bits per heavy atom. The number of carbonyl (C=O) groups excluding carboxylic acids is 2. The van der Waals surface area contributed by atoms with E-state index in [1.54, 1.807) is 60.9 Å². The fourth-order valence-corrected chi connectivity index (χ4v) is 2.79. The summed E-state index contributed by atoms with van der Waals surface area (Å²) in [6.07, 6.45) is 6.40. The van der Waals surface area contributed by atoms with Crippen molar-refractivity contribution in [3.05, 3.63) is 93.7 Å². The van der Waals surface area contributed by atoms with E-state index >= 15 is 0 Å². The monoisotopic (exact) mass is 425 g/mol. The topological polar surface area (TPSA) is 71.1 Å². The second-order valence-electron chi connectivity index (χ2n) is 6.22. The van der Waals surface area contributed by atoms with Crippen molar-refractivity contribution < 1.29 is 9.59 Å². The predicted molar refractivity (Wildman–Crippen MR) is 117 cm³/mol. The zero-order valence-electron chi connectivity index (χ0n) is 15.4. The lowest BCUT2D eigenvalue weighted by molar-refractivity contribution is -0.111. The maximum Gasteiger partial charge on any atom is 0.255 e. The minimum atomic E-state index is -0.329. The lowest BCUT2D eigenvalue weighted by atomic mass is 10.1. The number of halogens is 2. The Kier molecular flexibility index (Phi) is 6.65. The number of nitrogens with one attached hydrogen (secondary N) is 2. The molecule has 7 heteroatoms. The van der Waals surface area contributed by atoms with Gasteiger partial charge in [-0.2, -0.15) is 0 Å². The van der Waals surface area contributed by atoms with Gasteiger partial charge in [0.2, 0.25) is 5.91 Å². The summed E-state index contributed by atoms with van der Waals surface area (Å²) in [5.41, 5.74) is 3.11. The first-order valence-electron chi connectivity index (χ1n) is 8.68. The van der Waals surface area contributed by atoms with Crippen LogP contribution in [0.15, 0.2) is 67.0 Å². The fraction of sp³-hybridized carbons (Fsp3) is 0.0455. The molecule has 2 amide bonds. The van der Waals surface area contributed by atoms with Gasteiger partial charge in [-0.15, -0.1) is 0 Å². The summed E-state index contributed by atoms with van der Waals surface area (Å²) in [7, 11) is 0. The van der Waals surface area contributed by atoms with Gasteiger partial charge in [0.1, 0.15) is 0 Å². The Balaban J connectivity index is 1.71. The van der Waals surface area contributed by atoms with E-state index in [4.69, 9.17) is 23.2 Å². The molecule has 2 N–H and O–H groups in total. The molecule has 0 aliphatic heterocycles. The van der Waals surface area contributed by atoms with Gasteiger partial charge in [0.05, 0.1) is 10.0 Å². The fourth-order valence-electron chi connectivity index (χ4n) is 2.50. The molecular formula is C22H17Cl2N3O2. The molecule has 0 radical (unpaired) electrons. The highest BCUT2D eigenvalue weighted by Gasteiger charge is 2.11. The quantitative estimate of drug-likeness (QED) is 0.522. The number of carbonyl (C=O) groups is 2. The van der Waals surface area contributed by atoms with Gasteiger partial charge in [0.15, 0.2) is 0 Å². The van der Waals surface area contributed by atoms with Crippen molar-refractivity contribution >= 4 is 52.5 Å². The second kappa shape index (κ2) is 9.37. The molecular weight excluding hydrogens is 409 g/mol. The highest BCUT2D eigenvalue weighted by Crippen LogP contribution is 2.25. The third kappa shape index (κ3) is 5.67. The predicted octanol–water partition coefficient (Wildman–Crippen LogP) is 5.60. The first-order valence-corrected chi connectivity index (χ1v) is 9.44. The molecule has 29 heavy (non-hydrogen) atoms. The van der Waals surface area contributed by atoms with E-state index in [0.717, 1.165) is 11.1 Å². The van der Waals surface area contributed by atoms with E-state index in [1.807, 2.05) is 13.0 Å². The molecule has 0 atom stereocenters. The molecule has 1 heterocycles. The van der Waals surface area contributed by atoms with Gasteiger partial charge < -0.3 is 10.6 Å². The SMILES string of the molecule is Cc1ccc(C(=O)Nc2ccc(Cl)c(Cl)c2)cc1NC(=O)/C=C/c1cccnc1. The minimum absolute atomic E-state index is 0.306. The summed E-state index contributed by atoms with van der Waals surface area (Å²) < 4.78 is 0. The van der Waals surface area contributed by atoms with Crippen LogP contribution in [0.2, 0.25) is 10.0 Å². The van der Waals surface area contributed by atoms with Gasteiger partial charge in [-0.3, -0.25) is 14.6 Å². The number of hydrogen-bond acceptors (Lipinski definition) is 3. The molecule has 1 aromatic heterocycles. The number of hydrogen-bond donors (Lipinski definition) is 2. The summed E-state index contributed by atoms with van der Waals surface area (Å²) in [6.45, 7) is 1.85. The zero-order valence-corrected chi connectivity index (χ0v) is 17.0. The number of aryl methyl sites for hydroxylation is 1. The second-order valence-corrected chi connectivity index (χ2v) is 7.04. The van der Waals surface area contributed by atoms with Crippen LogP contribution in [0.4, 0.5) is 11.4 Å². The Labute approximate surface area is 178 Å². The van der Waals surface area contributed by atoms with Crippen molar-refractivity contribution in [2.24, 2.45) is 0 Å². The van der Waals surface area contributed by atoms with Crippen LogP contribution in [0.5, 0.6) is 0 Å². The molecule has 146 valence electrons. The molecule has 2 aromatic carbocycles. The lowest BCUT2D eigenvalue weighted by Gasteiger charge is -2.10. The highest BCUT2D eigenvalue weighted by molar-refractivity contribution is 6.42. The van der Waals surface area contributed by atoms with Gasteiger partial charge in [-0.25, -0.2) is 0 Å². The first-order chi connectivity index (χ1) is 13.9. The van der Waals surface area contributed by atoms with E-state index in [1.165, 1.54) is 6.08 Å². The Hall–Kier alpha value is -3.15. The van der Waals surface area contributed by atoms with Crippen molar-refractivity contribution in [1.82, 2.24) is 4.98 Å². The maximum absolute atomic E-state index is 12.5. The van der Waals surface area contributed by atoms with Crippen molar-refractivity contribution in [3.8, 4) is 0 Å². The molecule has 3 rings (SSSR count). The van der Waals surface area contributed by atoms with Crippen LogP contribution in [0.3, 0.4) is 0 Å². The average Bonchev–Trinajstić information content (AvgIpc) is 2.71. The standard InChI is InChI=1S/C22H17Cl2N3O2/c1-14-4-6-16(22(29)26-17-7-8-18(23)19(24)12-17)11-20(14)27-21(28)9-5-15-3-2-10-25-13-15/h2-13H,1H3,(H,26,29)(H,27,28)/b9-5+. The van der Waals surface area contributed by atoms with Crippen LogP contribution in [-0.2, 0) is 4.79 Å². The van der Waals surface area contributed by atoms with Gasteiger partial charge in [-0.05, 0) is 60.5 Å². The van der Waals surface area contributed by atoms with Crippen molar-refractivity contribution in [2.75, 3.05) is 10.6 Å². The Morgan fingerprint density at radius 3 is 2.55 bits per heavy atom. The van der Waals surface area contributed by atoms with Gasteiger partial charge in [0, 0.05) is 35.4 Å². The summed E-state index contributed by atoms with van der Waals surface area (Å²) in [5.74, 6) is -0.635. The zero-order chi connectivity index (χ0) is 20.8. The van der Waals surface area contributed by atoms with E-state index in [2.05, 4.69) is 15.6 Å². The third-order valence-corrected chi connectivity index (χ3v) is 4.79. The number of nitrogens with zero attached hydrogens (tertiary/aromatic N) is 1. The van der Waals surface area contributed by atoms with Crippen LogP contribution in [0.25, 0.3) is 6.08 Å². The number of aromatic nitrogens is 1. The van der Waals surface area contributed by atoms with Crippen LogP contribution >= 0.6 is 23.2 Å². The Bertz CT molecular complexity index is 1080. The molecule has 0 unspecified atom stereocenters. The third-order valence-electron chi connectivity index (χ3n) is 4.05. The summed E-state index contributed by atoms with van der Waals surface area (Å²) in [5, 5.41) is 6.30. The van der Waals surface area contributed by atoms with E-state index in [-0.39, 0.29) is 11.8 Å². The average molecular weight is 426 g/mol. The van der Waals surface area contributed by atoms with Crippen molar-refractivity contribution in [2.45, 2.75) is 6.92 Å². The highest BCUT2D eigenvalue weighted by atomic mass is 35.5. The van der Waals surface area contributed by atoms with E-state index in [0.29, 0.717) is 27.0 Å². The van der Waals surface area contributed by atoms with Crippen molar-refractivity contribution in [1.29, 1.82) is 0 Å². The van der Waals surface area contributed by atoms with Gasteiger partial charge in [0.25, 0.3) is 5.91 Å². The van der Waals surface area contributed by atoms with Crippen LogP contribution in [0.1, 0.15) is 21.5 Å². The largest absolute Gasteiger partial charge is 0.322 e. The number of amides is 2. The molecule has 0 spiro atoms. The first kappa shape index (κ1) is 20.6. The molecule has 0 saturated heterocycles.